The molecule has 7 heteroatoms. The predicted octanol–water partition coefficient (Wildman–Crippen LogP) is 5.62. The molecule has 22 heavy (non-hydrogen) atoms. The largest absolute Gasteiger partial charge is 0.455 e. The number of hydrogen-bond donors (Lipinski definition) is 1. The zero-order valence-electron chi connectivity index (χ0n) is 11.4. The Labute approximate surface area is 144 Å². The first-order valence-electron chi connectivity index (χ1n) is 6.61. The highest BCUT2D eigenvalue weighted by atomic mass is 36.0. The number of halogens is 3. The second-order valence-corrected chi connectivity index (χ2v) is 10.4. The number of imidazole rings is 1. The van der Waals surface area contributed by atoms with Crippen molar-refractivity contribution >= 4 is 41.4 Å². The molecule has 1 aliphatic heterocycles. The summed E-state index contributed by atoms with van der Waals surface area (Å²) in [5.74, 6) is 2.20. The van der Waals surface area contributed by atoms with E-state index in [2.05, 4.69) is 9.97 Å². The zero-order chi connectivity index (χ0) is 15.6. The molecule has 1 aromatic carbocycles. The van der Waals surface area contributed by atoms with Crippen molar-refractivity contribution in [3.63, 3.8) is 0 Å². The van der Waals surface area contributed by atoms with Crippen molar-refractivity contribution in [1.82, 2.24) is 9.97 Å². The first-order valence-corrected chi connectivity index (χ1v) is 10.3. The smallest absolute Gasteiger partial charge is 0.154 e. The molecule has 1 N–H and O–H groups in total. The van der Waals surface area contributed by atoms with Crippen molar-refractivity contribution in [2.45, 2.75) is 12.8 Å². The van der Waals surface area contributed by atoms with E-state index in [0.717, 1.165) is 30.0 Å². The number of ether oxygens (including phenoxy) is 1. The quantitative estimate of drug-likeness (QED) is 0.736. The fraction of sp³-hybridized carbons (Fsp3) is 0.133. The lowest BCUT2D eigenvalue weighted by molar-refractivity contribution is 0.439. The predicted molar refractivity (Wildman–Crippen MR) is 94.4 cm³/mol. The van der Waals surface area contributed by atoms with Crippen molar-refractivity contribution in [2.24, 2.45) is 0 Å². The van der Waals surface area contributed by atoms with Gasteiger partial charge in [-0.25, -0.2) is 4.98 Å². The van der Waals surface area contributed by atoms with Crippen LogP contribution >= 0.6 is 41.4 Å². The van der Waals surface area contributed by atoms with Gasteiger partial charge in [0.1, 0.15) is 15.9 Å². The SMILES string of the molecule is ClC1=C(Oc2ccccc2CCc2ncc[nH]2)C=CS1(Cl)Cl. The molecule has 0 spiro atoms. The summed E-state index contributed by atoms with van der Waals surface area (Å²) < 4.78 is 6.26. The Bertz CT molecular complexity index is 726. The number of aromatic amines is 1. The normalized spacial score (nSPS) is 17.8. The third kappa shape index (κ3) is 3.46. The van der Waals surface area contributed by atoms with E-state index in [9.17, 15) is 0 Å². The Morgan fingerprint density at radius 3 is 2.68 bits per heavy atom. The number of rotatable bonds is 5. The van der Waals surface area contributed by atoms with Crippen LogP contribution in [0.25, 0.3) is 0 Å². The number of nitrogens with zero attached hydrogens (tertiary/aromatic N) is 1. The Hall–Kier alpha value is -1.07. The van der Waals surface area contributed by atoms with Gasteiger partial charge in [0.25, 0.3) is 0 Å². The summed E-state index contributed by atoms with van der Waals surface area (Å²) in [6.45, 7) is 0. The van der Waals surface area contributed by atoms with Gasteiger partial charge in [-0.2, -0.15) is 0 Å². The van der Waals surface area contributed by atoms with E-state index in [1.165, 1.54) is 0 Å². The molecule has 0 amide bonds. The van der Waals surface area contributed by atoms with E-state index in [-0.39, 0.29) is 0 Å². The molecule has 0 unspecified atom stereocenters. The molecule has 0 radical (unpaired) electrons. The fourth-order valence-corrected chi connectivity index (χ4v) is 3.91. The number of H-pyrrole nitrogens is 1. The molecular formula is C15H13Cl3N2OS. The lowest BCUT2D eigenvalue weighted by Gasteiger charge is -2.16. The highest BCUT2D eigenvalue weighted by Crippen LogP contribution is 2.71. The molecule has 0 atom stereocenters. The average molecular weight is 376 g/mol. The van der Waals surface area contributed by atoms with Crippen LogP contribution in [0.15, 0.2) is 58.3 Å². The number of aromatic nitrogens is 2. The number of hydrogen-bond acceptors (Lipinski definition) is 2. The van der Waals surface area contributed by atoms with Gasteiger partial charge in [-0.15, -0.1) is 0 Å². The molecule has 0 fully saturated rings. The second kappa shape index (κ2) is 6.59. The summed E-state index contributed by atoms with van der Waals surface area (Å²) in [7, 11) is 10.2. The van der Waals surface area contributed by atoms with Crippen LogP contribution in [0.2, 0.25) is 0 Å². The van der Waals surface area contributed by atoms with Gasteiger partial charge in [0, 0.05) is 18.8 Å². The van der Waals surface area contributed by atoms with Gasteiger partial charge in [-0.1, -0.05) is 29.8 Å². The Kier molecular flexibility index (Phi) is 4.73. The number of allylic oxidation sites excluding steroid dienone is 1. The first kappa shape index (κ1) is 15.8. The molecular weight excluding hydrogens is 363 g/mol. The molecule has 2 aromatic rings. The molecule has 0 bridgehead atoms. The fourth-order valence-electron chi connectivity index (χ4n) is 2.10. The number of aryl methyl sites for hydroxylation is 2. The van der Waals surface area contributed by atoms with Gasteiger partial charge in [0.05, 0.1) is 0 Å². The monoisotopic (exact) mass is 374 g/mol. The van der Waals surface area contributed by atoms with E-state index in [0.29, 0.717) is 10.1 Å². The molecule has 0 saturated heterocycles. The van der Waals surface area contributed by atoms with Gasteiger partial charge in [-0.05, 0) is 59.4 Å². The topological polar surface area (TPSA) is 37.9 Å². The number of nitrogens with one attached hydrogen (secondary N) is 1. The maximum absolute atomic E-state index is 6.18. The Morgan fingerprint density at radius 1 is 1.18 bits per heavy atom. The van der Waals surface area contributed by atoms with Gasteiger partial charge < -0.3 is 9.72 Å². The van der Waals surface area contributed by atoms with Crippen molar-refractivity contribution < 1.29 is 4.74 Å². The van der Waals surface area contributed by atoms with E-state index in [1.807, 2.05) is 30.5 Å². The van der Waals surface area contributed by atoms with Crippen LogP contribution in [0.5, 0.6) is 5.75 Å². The molecule has 3 nitrogen and oxygen atoms in total. The summed E-state index contributed by atoms with van der Waals surface area (Å²) in [6.07, 6.45) is 6.89. The van der Waals surface area contributed by atoms with Crippen LogP contribution < -0.4 is 4.74 Å². The average Bonchev–Trinajstić information content (AvgIpc) is 3.10. The first-order chi connectivity index (χ1) is 10.6. The van der Waals surface area contributed by atoms with E-state index in [4.69, 9.17) is 37.7 Å². The maximum atomic E-state index is 6.18. The molecule has 116 valence electrons. The van der Waals surface area contributed by atoms with Crippen LogP contribution in [0.1, 0.15) is 11.4 Å². The molecule has 1 aliphatic rings. The van der Waals surface area contributed by atoms with Crippen LogP contribution in [-0.2, 0) is 12.8 Å². The van der Waals surface area contributed by atoms with Crippen molar-refractivity contribution in [2.75, 3.05) is 0 Å². The third-order valence-corrected chi connectivity index (χ3v) is 7.29. The molecule has 3 rings (SSSR count). The molecule has 1 aromatic heterocycles. The van der Waals surface area contributed by atoms with E-state index >= 15 is 0 Å². The summed E-state index contributed by atoms with van der Waals surface area (Å²) in [4.78, 5) is 7.32. The van der Waals surface area contributed by atoms with Crippen molar-refractivity contribution in [3.8, 4) is 5.75 Å². The third-order valence-electron chi connectivity index (χ3n) is 3.20. The maximum Gasteiger partial charge on any atom is 0.154 e. The molecule has 0 aliphatic carbocycles. The van der Waals surface area contributed by atoms with E-state index in [1.54, 1.807) is 17.7 Å². The Balaban J connectivity index is 1.77. The molecule has 2 heterocycles. The van der Waals surface area contributed by atoms with Gasteiger partial charge in [-0.3, -0.25) is 0 Å². The lowest BCUT2D eigenvalue weighted by Crippen LogP contribution is -1.99. The summed E-state index contributed by atoms with van der Waals surface area (Å²) >= 11 is 6.18. The van der Waals surface area contributed by atoms with Gasteiger partial charge in [0.2, 0.25) is 0 Å². The Morgan fingerprint density at radius 2 is 2.00 bits per heavy atom. The van der Waals surface area contributed by atoms with Gasteiger partial charge >= 0.3 is 0 Å². The summed E-state index contributed by atoms with van der Waals surface area (Å²) in [6, 6.07) is 7.82. The van der Waals surface area contributed by atoms with Crippen LogP contribution in [0, 0.1) is 0 Å². The lowest BCUT2D eigenvalue weighted by atomic mass is 10.1. The van der Waals surface area contributed by atoms with Crippen LogP contribution in [-0.4, -0.2) is 9.97 Å². The summed E-state index contributed by atoms with van der Waals surface area (Å²) in [5, 5.41) is 1.68. The van der Waals surface area contributed by atoms with Gasteiger partial charge in [0.15, 0.2) is 5.76 Å². The number of benzene rings is 1. The van der Waals surface area contributed by atoms with Crippen molar-refractivity contribution in [1.29, 1.82) is 0 Å². The second-order valence-electron chi connectivity index (χ2n) is 4.70. The highest BCUT2D eigenvalue weighted by Gasteiger charge is 2.29. The van der Waals surface area contributed by atoms with Crippen molar-refractivity contribution in [3.05, 3.63) is 69.7 Å². The summed E-state index contributed by atoms with van der Waals surface area (Å²) in [5.41, 5.74) is 1.07. The zero-order valence-corrected chi connectivity index (χ0v) is 14.5. The minimum atomic E-state index is -2.09. The van der Waals surface area contributed by atoms with E-state index < -0.39 is 8.46 Å². The molecule has 0 saturated carbocycles. The highest BCUT2D eigenvalue weighted by molar-refractivity contribution is 8.70. The minimum absolute atomic E-state index is 0.358. The van der Waals surface area contributed by atoms with Crippen LogP contribution in [0.3, 0.4) is 0 Å². The van der Waals surface area contributed by atoms with Crippen LogP contribution in [0.4, 0.5) is 0 Å². The standard InChI is InChI=1S/C15H13Cl3N2OS/c16-15-13(7-10-22(15,17)18)21-12-4-2-1-3-11(12)5-6-14-19-8-9-20-14/h1-4,7-10H,5-6H2,(H,19,20). The number of para-hydroxylation sites is 1. The minimum Gasteiger partial charge on any atom is -0.455 e.